The summed E-state index contributed by atoms with van der Waals surface area (Å²) in [5.74, 6) is -2.90. The lowest BCUT2D eigenvalue weighted by molar-refractivity contribution is -0.290. The fraction of sp³-hybridized carbons (Fsp3) is 0.816. The summed E-state index contributed by atoms with van der Waals surface area (Å²) < 4.78 is 18.3. The molecule has 0 bridgehead atoms. The van der Waals surface area contributed by atoms with Crippen molar-refractivity contribution in [3.8, 4) is 0 Å². The van der Waals surface area contributed by atoms with Gasteiger partial charge < -0.3 is 39.7 Å². The number of ketones is 2. The van der Waals surface area contributed by atoms with Crippen LogP contribution >= 0.6 is 0 Å². The maximum absolute atomic E-state index is 14.8. The predicted octanol–water partition coefficient (Wildman–Crippen LogP) is 3.17. The highest BCUT2D eigenvalue weighted by Crippen LogP contribution is 2.74. The van der Waals surface area contributed by atoms with Crippen molar-refractivity contribution in [2.45, 2.75) is 155 Å². The molecule has 0 amide bonds. The second-order valence-corrected chi connectivity index (χ2v) is 17.7. The molecule has 3 saturated carbocycles. The Bertz CT molecular complexity index is 1410. The van der Waals surface area contributed by atoms with Crippen molar-refractivity contribution in [2.24, 2.45) is 39.4 Å². The van der Waals surface area contributed by atoms with Gasteiger partial charge in [0.1, 0.15) is 11.4 Å². The third-order valence-corrected chi connectivity index (χ3v) is 13.6. The predicted molar refractivity (Wildman–Crippen MR) is 179 cm³/mol. The number of rotatable bonds is 7. The lowest BCUT2D eigenvalue weighted by Gasteiger charge is -2.65. The molecule has 11 nitrogen and oxygen atoms in total. The van der Waals surface area contributed by atoms with Crippen LogP contribution in [0.5, 0.6) is 0 Å². The summed E-state index contributed by atoms with van der Waals surface area (Å²) in [6.45, 7) is 17.3. The van der Waals surface area contributed by atoms with E-state index in [1.54, 1.807) is 6.92 Å². The first-order valence-electron chi connectivity index (χ1n) is 17.8. The molecule has 1 aliphatic heterocycles. The minimum absolute atomic E-state index is 0.0143. The van der Waals surface area contributed by atoms with Crippen LogP contribution in [0.15, 0.2) is 23.8 Å². The monoisotopic (exact) mass is 690 g/mol. The molecule has 14 atom stereocenters. The average Bonchev–Trinajstić information content (AvgIpc) is 3.18. The Hall–Kier alpha value is -1.99. The molecule has 0 aromatic rings. The lowest BCUT2D eigenvalue weighted by Crippen LogP contribution is -2.65. The van der Waals surface area contributed by atoms with Gasteiger partial charge in [0.25, 0.3) is 0 Å². The van der Waals surface area contributed by atoms with Crippen LogP contribution in [0, 0.1) is 39.4 Å². The van der Waals surface area contributed by atoms with Gasteiger partial charge in [0, 0.05) is 36.5 Å². The van der Waals surface area contributed by atoms with E-state index in [1.165, 1.54) is 39.8 Å². The largest absolute Gasteiger partial charge is 0.454 e. The summed E-state index contributed by atoms with van der Waals surface area (Å²) in [5.41, 5.74) is -5.80. The molecule has 5 aliphatic rings. The summed E-state index contributed by atoms with van der Waals surface area (Å²) in [4.78, 5) is 40.8. The Labute approximate surface area is 290 Å². The molecule has 14 unspecified atom stereocenters. The third-order valence-electron chi connectivity index (χ3n) is 13.6. The van der Waals surface area contributed by atoms with Crippen molar-refractivity contribution in [1.29, 1.82) is 0 Å². The van der Waals surface area contributed by atoms with E-state index in [0.717, 1.165) is 5.57 Å². The first kappa shape index (κ1) is 38.2. The van der Waals surface area contributed by atoms with Gasteiger partial charge in [-0.05, 0) is 75.7 Å². The molecule has 1 heterocycles. The molecule has 0 spiro atoms. The number of Topliss-reactive ketones (excluding diaryl/α,β-unsaturated/α-hetero) is 1. The summed E-state index contributed by atoms with van der Waals surface area (Å²) in [5, 5.41) is 55.7. The lowest BCUT2D eigenvalue weighted by atomic mass is 9.38. The molecule has 4 fully saturated rings. The van der Waals surface area contributed by atoms with Crippen LogP contribution in [0.4, 0.5) is 0 Å². The topological polar surface area (TPSA) is 180 Å². The van der Waals surface area contributed by atoms with E-state index in [9.17, 15) is 39.9 Å². The number of aliphatic hydroxyl groups excluding tert-OH is 3. The summed E-state index contributed by atoms with van der Waals surface area (Å²) in [6, 6.07) is 0. The minimum Gasteiger partial charge on any atom is -0.454 e. The third kappa shape index (κ3) is 5.99. The SMILES string of the molecule is CC(=O)OC1C(O)CC(C)OC1OC1CC2(C)C3CC=C4C(CC(O)C(O)C4(C)C)C3(C)C(=O)CC2(C)C1C(C)(O)C(=O)C=CC(C)(C)O. The van der Waals surface area contributed by atoms with E-state index in [4.69, 9.17) is 14.2 Å². The average molecular weight is 691 g/mol. The fourth-order valence-electron chi connectivity index (χ4n) is 10.9. The molecule has 11 heteroatoms. The highest BCUT2D eigenvalue weighted by Gasteiger charge is 2.75. The van der Waals surface area contributed by atoms with Gasteiger partial charge in [-0.15, -0.1) is 0 Å². The van der Waals surface area contributed by atoms with Crippen LogP contribution in [0.2, 0.25) is 0 Å². The first-order chi connectivity index (χ1) is 22.3. The van der Waals surface area contributed by atoms with E-state index in [-0.39, 0.29) is 36.9 Å². The zero-order valence-corrected chi connectivity index (χ0v) is 30.7. The van der Waals surface area contributed by atoms with Gasteiger partial charge in [-0.2, -0.15) is 0 Å². The van der Waals surface area contributed by atoms with E-state index in [1.807, 2.05) is 27.7 Å². The number of carbonyl (C=O) groups excluding carboxylic acids is 3. The molecule has 0 aromatic heterocycles. The Morgan fingerprint density at radius 3 is 2.22 bits per heavy atom. The number of esters is 1. The van der Waals surface area contributed by atoms with Crippen molar-refractivity contribution in [3.63, 3.8) is 0 Å². The van der Waals surface area contributed by atoms with Crippen molar-refractivity contribution in [3.05, 3.63) is 23.8 Å². The van der Waals surface area contributed by atoms with Gasteiger partial charge in [-0.1, -0.05) is 52.3 Å². The maximum Gasteiger partial charge on any atom is 0.303 e. The molecule has 5 rings (SSSR count). The van der Waals surface area contributed by atoms with Crippen LogP contribution in [-0.2, 0) is 28.6 Å². The Morgan fingerprint density at radius 2 is 1.63 bits per heavy atom. The van der Waals surface area contributed by atoms with E-state index in [2.05, 4.69) is 13.0 Å². The van der Waals surface area contributed by atoms with Crippen LogP contribution in [0.1, 0.15) is 101 Å². The number of hydrogen-bond acceptors (Lipinski definition) is 11. The van der Waals surface area contributed by atoms with Crippen LogP contribution in [-0.4, -0.2) is 97.2 Å². The fourth-order valence-corrected chi connectivity index (χ4v) is 10.9. The molecular weight excluding hydrogens is 632 g/mol. The van der Waals surface area contributed by atoms with E-state index >= 15 is 0 Å². The zero-order chi connectivity index (χ0) is 36.9. The van der Waals surface area contributed by atoms with Gasteiger partial charge >= 0.3 is 5.97 Å². The number of fused-ring (bicyclic) bond motifs is 5. The highest BCUT2D eigenvalue weighted by atomic mass is 16.7. The van der Waals surface area contributed by atoms with Gasteiger partial charge in [0.05, 0.1) is 36.1 Å². The standard InChI is InChI=1S/C38H58O11/c1-19-15-23(40)29(48-20(2)39)32(47-19)49-25-17-35(7)26-12-11-21-22(16-24(41)31(44)34(21,5)6)37(26,9)28(43)18-36(35,8)30(25)38(10,46)27(42)13-14-33(3,4)45/h11,13-14,19,22-26,29-32,40-41,44-46H,12,15-18H2,1-10H3. The highest BCUT2D eigenvalue weighted by molar-refractivity contribution is 5.97. The molecule has 276 valence electrons. The number of hydrogen-bond donors (Lipinski definition) is 5. The van der Waals surface area contributed by atoms with Crippen LogP contribution in [0.25, 0.3) is 0 Å². The molecule has 49 heavy (non-hydrogen) atoms. The normalized spacial score (nSPS) is 46.3. The van der Waals surface area contributed by atoms with Gasteiger partial charge in [-0.25, -0.2) is 0 Å². The van der Waals surface area contributed by atoms with E-state index in [0.29, 0.717) is 12.8 Å². The molecular formula is C38H58O11. The van der Waals surface area contributed by atoms with Crippen molar-refractivity contribution >= 4 is 17.5 Å². The number of ether oxygens (including phenoxy) is 3. The Balaban J connectivity index is 1.64. The molecule has 1 saturated heterocycles. The van der Waals surface area contributed by atoms with Crippen LogP contribution in [0.3, 0.4) is 0 Å². The summed E-state index contributed by atoms with van der Waals surface area (Å²) in [7, 11) is 0. The second-order valence-electron chi connectivity index (χ2n) is 17.7. The maximum atomic E-state index is 14.8. The summed E-state index contributed by atoms with van der Waals surface area (Å²) in [6.07, 6.45) is -0.883. The van der Waals surface area contributed by atoms with E-state index < -0.39 is 93.4 Å². The molecule has 0 aromatic carbocycles. The van der Waals surface area contributed by atoms with Gasteiger partial charge in [-0.3, -0.25) is 14.4 Å². The zero-order valence-electron chi connectivity index (χ0n) is 30.7. The molecule has 5 N–H and O–H groups in total. The van der Waals surface area contributed by atoms with Crippen molar-refractivity contribution in [2.75, 3.05) is 0 Å². The smallest absolute Gasteiger partial charge is 0.303 e. The van der Waals surface area contributed by atoms with Gasteiger partial charge in [0.15, 0.2) is 18.2 Å². The van der Waals surface area contributed by atoms with Crippen molar-refractivity contribution < 1.29 is 54.1 Å². The molecule has 0 radical (unpaired) electrons. The first-order valence-corrected chi connectivity index (χ1v) is 17.8. The Morgan fingerprint density at radius 1 is 1.00 bits per heavy atom. The Kier molecular flexibility index (Phi) is 9.61. The second kappa shape index (κ2) is 12.3. The number of carbonyl (C=O) groups is 3. The quantitative estimate of drug-likeness (QED) is 0.151. The van der Waals surface area contributed by atoms with Gasteiger partial charge in [0.2, 0.25) is 0 Å². The van der Waals surface area contributed by atoms with Crippen molar-refractivity contribution in [1.82, 2.24) is 0 Å². The summed E-state index contributed by atoms with van der Waals surface area (Å²) >= 11 is 0. The molecule has 4 aliphatic carbocycles. The van der Waals surface area contributed by atoms with Crippen LogP contribution < -0.4 is 0 Å². The number of allylic oxidation sites excluding steroid dienone is 1. The minimum atomic E-state index is -2.08. The number of aliphatic hydroxyl groups is 5.